The van der Waals surface area contributed by atoms with E-state index in [-0.39, 0.29) is 74.8 Å². The van der Waals surface area contributed by atoms with Gasteiger partial charge in [0, 0.05) is 75.3 Å². The smallest absolute Gasteiger partial charge is 0.407 e. The summed E-state index contributed by atoms with van der Waals surface area (Å²) in [5.74, 6) is -1.47. The molecule has 0 radical (unpaired) electrons. The summed E-state index contributed by atoms with van der Waals surface area (Å²) in [6, 6.07) is 3.35. The molecule has 1 saturated heterocycles. The van der Waals surface area contributed by atoms with Crippen LogP contribution in [0.15, 0.2) is 29.4 Å². The number of benzene rings is 1. The zero-order valence-electron chi connectivity index (χ0n) is 70.3. The number of azide groups is 1. The lowest BCUT2D eigenvalue weighted by Gasteiger charge is -2.40. The largest absolute Gasteiger partial charge is 0.460 e. The molecule has 30 heteroatoms. The molecule has 1 aliphatic heterocycles. The van der Waals surface area contributed by atoms with Gasteiger partial charge in [-0.25, -0.2) is 19.1 Å². The highest BCUT2D eigenvalue weighted by molar-refractivity contribution is 5.97. The van der Waals surface area contributed by atoms with Crippen LogP contribution in [0.1, 0.15) is 308 Å². The second kappa shape index (κ2) is 60.4. The van der Waals surface area contributed by atoms with Crippen molar-refractivity contribution in [3.05, 3.63) is 51.7 Å². The SMILES string of the molecule is CCC(=O)CCCN=[N+]=[N-].CCCCCCCCCCCCCCCCCC(=O)O[C@H](CCCCCCCCCCCCCC)[C@@H](O)[C@H](CO[C@H]1OC(CO)[C@H](O)[C@H](O)C1O)NC(=O)OCc1ccc(NC(=O)[C@H](CCCNC(N)=O)CC(=O)[C@@H](NC(=O)OCC2C3CCc4nnn(CCCCC(=O)NC)c4CCC32)C(C)C)cc1. The Morgan fingerprint density at radius 2 is 1.26 bits per heavy atom. The molecule has 2 aromatic rings. The molecule has 2 aliphatic carbocycles. The number of hydrogen-bond acceptors (Lipinski definition) is 21. The van der Waals surface area contributed by atoms with Gasteiger partial charge >= 0.3 is 24.2 Å². The van der Waals surface area contributed by atoms with Gasteiger partial charge in [0.25, 0.3) is 0 Å². The standard InChI is InChI=1S/C79H135N9O17.C6H11N3O/c1-6-8-10-12-14-16-18-20-21-22-24-26-28-30-32-39-69(92)104-66(37-31-29-27-25-23-19-17-15-13-11-9-7-2)71(93)63(54-101-76-74(96)73(95)72(94)67(51-89)105-76)84-78(99)102-52-56-40-42-58(43-41-56)83-75(97)57(36-35-48-82-77(80)98)50-65(90)70(55(3)4)85-79(100)103-53-61-59-44-46-62-64(47-45-60(59)61)88(87-86-62)49-34-33-38-68(91)81-5;1-2-6(10)4-3-5-8-9-7/h40-43,55,57,59-61,63,66-67,70-74,76,89,93-96H,6-39,44-54H2,1-5H3,(H,81,91)(H,83,97)(H,84,99)(H,85,100)(H3,80,82,98);2-5H2,1H3/t57-,59?,60?,61?,63+,66-,67?,70+,71+,72+,73+,74?,76+;/m1./s1. The van der Waals surface area contributed by atoms with Gasteiger partial charge in [0.05, 0.1) is 43.3 Å². The fourth-order valence-electron chi connectivity index (χ4n) is 15.2. The van der Waals surface area contributed by atoms with Crippen LogP contribution in [0.2, 0.25) is 0 Å². The maximum atomic E-state index is 14.2. The van der Waals surface area contributed by atoms with E-state index in [0.29, 0.717) is 81.1 Å². The first-order valence-electron chi connectivity index (χ1n) is 43.9. The van der Waals surface area contributed by atoms with Crippen LogP contribution in [-0.4, -0.2) is 183 Å². The molecule has 115 heavy (non-hydrogen) atoms. The van der Waals surface area contributed by atoms with Gasteiger partial charge in [-0.05, 0) is 124 Å². The lowest BCUT2D eigenvalue weighted by molar-refractivity contribution is -0.303. The number of nitrogens with zero attached hydrogens (tertiary/aromatic N) is 6. The van der Waals surface area contributed by atoms with E-state index in [1.807, 2.05) is 11.6 Å². The van der Waals surface area contributed by atoms with Crippen molar-refractivity contribution >= 4 is 53.3 Å². The number of nitrogens with two attached hydrogens (primary N) is 1. The first-order chi connectivity index (χ1) is 55.6. The maximum absolute atomic E-state index is 14.2. The van der Waals surface area contributed by atoms with Crippen LogP contribution in [-0.2, 0) is 73.7 Å². The van der Waals surface area contributed by atoms with Gasteiger partial charge in [-0.2, -0.15) is 0 Å². The number of aryl methyl sites for hydroxylation is 2. The lowest BCUT2D eigenvalue weighted by atomic mass is 9.89. The molecule has 1 aromatic carbocycles. The summed E-state index contributed by atoms with van der Waals surface area (Å²) in [4.78, 5) is 106. The summed E-state index contributed by atoms with van der Waals surface area (Å²) in [6.07, 6.45) is 26.1. The van der Waals surface area contributed by atoms with Crippen LogP contribution >= 0.6 is 0 Å². The maximum Gasteiger partial charge on any atom is 0.407 e. The van der Waals surface area contributed by atoms with Gasteiger partial charge in [-0.1, -0.05) is 218 Å². The molecule has 1 saturated carbocycles. The summed E-state index contributed by atoms with van der Waals surface area (Å²) in [5.41, 5.74) is 16.1. The summed E-state index contributed by atoms with van der Waals surface area (Å²) >= 11 is 0. The van der Waals surface area contributed by atoms with Crippen molar-refractivity contribution in [1.29, 1.82) is 0 Å². The van der Waals surface area contributed by atoms with E-state index in [1.54, 1.807) is 45.2 Å². The number of hydrogen-bond donors (Lipinski definition) is 11. The predicted molar refractivity (Wildman–Crippen MR) is 440 cm³/mol. The van der Waals surface area contributed by atoms with E-state index in [1.165, 1.54) is 109 Å². The molecule has 2 heterocycles. The summed E-state index contributed by atoms with van der Waals surface area (Å²) < 4.78 is 31.0. The fourth-order valence-corrected chi connectivity index (χ4v) is 15.2. The van der Waals surface area contributed by atoms with Crippen LogP contribution in [0.25, 0.3) is 10.4 Å². The lowest BCUT2D eigenvalue weighted by Crippen LogP contribution is -2.60. The number of aromatic nitrogens is 3. The molecule has 0 bridgehead atoms. The third kappa shape index (κ3) is 41.8. The number of alkyl carbamates (subject to hydrolysis) is 2. The van der Waals surface area contributed by atoms with E-state index in [9.17, 15) is 63.9 Å². The molecule has 13 atom stereocenters. The molecule has 2 fully saturated rings. The number of fused-ring (bicyclic) bond motifs is 2. The van der Waals surface area contributed by atoms with Crippen molar-refractivity contribution in [2.75, 3.05) is 45.3 Å². The number of aliphatic hydroxyl groups is 5. The molecule has 30 nitrogen and oxygen atoms in total. The Kier molecular flexibility index (Phi) is 52.7. The molecular formula is C85H146N12O18. The molecule has 5 rings (SSSR count). The van der Waals surface area contributed by atoms with Crippen LogP contribution in [0.5, 0.6) is 0 Å². The number of ether oxygens (including phenoxy) is 5. The predicted octanol–water partition coefficient (Wildman–Crippen LogP) is 13.4. The normalized spacial score (nSPS) is 19.5. The second-order valence-corrected chi connectivity index (χ2v) is 32.1. The first kappa shape index (κ1) is 100. The third-order valence-corrected chi connectivity index (χ3v) is 22.5. The third-order valence-electron chi connectivity index (χ3n) is 22.5. The Balaban J connectivity index is 0.00000259. The van der Waals surface area contributed by atoms with Crippen LogP contribution in [0.4, 0.5) is 20.1 Å². The van der Waals surface area contributed by atoms with Crippen molar-refractivity contribution in [2.24, 2.45) is 40.4 Å². The number of primary amides is 1. The topological polar surface area (TPSA) is 449 Å². The zero-order valence-corrected chi connectivity index (χ0v) is 70.3. The average molecular weight is 1620 g/mol. The monoisotopic (exact) mass is 1620 g/mol. The summed E-state index contributed by atoms with van der Waals surface area (Å²) in [5, 5.41) is 79.8. The molecule has 5 unspecified atom stereocenters. The second-order valence-electron chi connectivity index (χ2n) is 32.1. The molecule has 0 spiro atoms. The van der Waals surface area contributed by atoms with Crippen molar-refractivity contribution in [3.63, 3.8) is 0 Å². The number of aliphatic hydroxyl groups excluding tert-OH is 5. The number of carbonyl (C=O) groups excluding carboxylic acids is 8. The van der Waals surface area contributed by atoms with Crippen molar-refractivity contribution in [1.82, 2.24) is 36.3 Å². The Bertz CT molecular complexity index is 3100. The van der Waals surface area contributed by atoms with Gasteiger partial charge in [-0.3, -0.25) is 24.0 Å². The Hall–Kier alpha value is -7.05. The number of rotatable bonds is 62. The first-order valence-corrected chi connectivity index (χ1v) is 43.9. The minimum atomic E-state index is -1.78. The van der Waals surface area contributed by atoms with Gasteiger partial charge < -0.3 is 81.5 Å². The molecule has 654 valence electrons. The molecule has 6 amide bonds. The van der Waals surface area contributed by atoms with E-state index >= 15 is 0 Å². The van der Waals surface area contributed by atoms with Crippen molar-refractivity contribution in [2.45, 2.75) is 372 Å². The van der Waals surface area contributed by atoms with Gasteiger partial charge in [0.1, 0.15) is 49.0 Å². The van der Waals surface area contributed by atoms with Gasteiger partial charge in [0.2, 0.25) is 11.8 Å². The minimum absolute atomic E-state index is 0.0133. The van der Waals surface area contributed by atoms with E-state index < -0.39 is 104 Å². The zero-order chi connectivity index (χ0) is 84.0. The Labute approximate surface area is 683 Å². The molecule has 12 N–H and O–H groups in total. The van der Waals surface area contributed by atoms with Crippen LogP contribution < -0.4 is 32.3 Å². The highest BCUT2D eigenvalue weighted by Crippen LogP contribution is 2.53. The quantitative estimate of drug-likeness (QED) is 0.00732. The Morgan fingerprint density at radius 1 is 0.687 bits per heavy atom. The number of nitrogens with one attached hydrogen (secondary N) is 5. The van der Waals surface area contributed by atoms with E-state index in [2.05, 4.69) is 60.8 Å². The highest BCUT2D eigenvalue weighted by atomic mass is 16.7. The van der Waals surface area contributed by atoms with Crippen molar-refractivity contribution in [3.8, 4) is 0 Å². The average Bonchev–Trinajstić information content (AvgIpc) is 1.60. The number of unbranched alkanes of at least 4 members (excludes halogenated alkanes) is 26. The van der Waals surface area contributed by atoms with E-state index in [0.717, 1.165) is 101 Å². The summed E-state index contributed by atoms with van der Waals surface area (Å²) in [6.45, 7) is 9.78. The molecular weight excluding hydrogens is 1480 g/mol. The number of esters is 1. The fraction of sp³-hybridized carbons (Fsp3) is 0.812. The molecule has 3 aliphatic rings. The van der Waals surface area contributed by atoms with Gasteiger partial charge in [0.15, 0.2) is 12.1 Å². The number of Topliss-reactive ketones (excluding diaryl/α,β-unsaturated/α-hetero) is 2. The van der Waals surface area contributed by atoms with Crippen LogP contribution in [0.3, 0.4) is 0 Å². The number of ketones is 2. The Morgan fingerprint density at radius 3 is 1.83 bits per heavy atom. The number of urea groups is 1. The van der Waals surface area contributed by atoms with E-state index in [4.69, 9.17) is 34.9 Å². The van der Waals surface area contributed by atoms with Crippen LogP contribution in [0, 0.1) is 29.6 Å². The van der Waals surface area contributed by atoms with Crippen molar-refractivity contribution < 1.29 is 87.6 Å². The number of amides is 6. The highest BCUT2D eigenvalue weighted by Gasteiger charge is 2.51. The minimum Gasteiger partial charge on any atom is -0.460 e. The van der Waals surface area contributed by atoms with Gasteiger partial charge in [-0.15, -0.1) is 5.10 Å². The number of anilines is 1. The summed E-state index contributed by atoms with van der Waals surface area (Å²) in [7, 11) is 1.63. The number of carbonyl (C=O) groups is 8. The molecule has 1 aromatic heterocycles.